The monoisotopic (exact) mass is 399 g/mol. The van der Waals surface area contributed by atoms with E-state index in [0.29, 0.717) is 22.3 Å². The van der Waals surface area contributed by atoms with Crippen molar-refractivity contribution in [2.75, 3.05) is 12.3 Å². The first-order chi connectivity index (χ1) is 13.6. The summed E-state index contributed by atoms with van der Waals surface area (Å²) < 4.78 is 1.89. The third-order valence-corrected chi connectivity index (χ3v) is 7.10. The summed E-state index contributed by atoms with van der Waals surface area (Å²) in [6.07, 6.45) is 8.94. The summed E-state index contributed by atoms with van der Waals surface area (Å²) in [4.78, 5) is 32.9. The van der Waals surface area contributed by atoms with E-state index in [1.807, 2.05) is 33.7 Å². The molecule has 1 aromatic carbocycles. The van der Waals surface area contributed by atoms with Crippen LogP contribution in [0.15, 0.2) is 34.2 Å². The lowest BCUT2D eigenvalue weighted by atomic mass is 9.95. The molecule has 1 atom stereocenters. The predicted molar refractivity (Wildman–Crippen MR) is 114 cm³/mol. The third-order valence-electron chi connectivity index (χ3n) is 6.16. The molecule has 4 rings (SSSR count). The highest BCUT2D eigenvalue weighted by molar-refractivity contribution is 7.99. The molecule has 150 valence electrons. The van der Waals surface area contributed by atoms with Gasteiger partial charge >= 0.3 is 0 Å². The molecule has 5 nitrogen and oxygen atoms in total. The molecule has 2 heterocycles. The lowest BCUT2D eigenvalue weighted by Gasteiger charge is -2.33. The van der Waals surface area contributed by atoms with Crippen molar-refractivity contribution in [2.24, 2.45) is 0 Å². The number of likely N-dealkylation sites (tertiary alicyclic amines) is 1. The summed E-state index contributed by atoms with van der Waals surface area (Å²) in [5, 5.41) is 1.38. The number of thioether (sulfide) groups is 1. The Morgan fingerprint density at radius 1 is 1.11 bits per heavy atom. The fourth-order valence-electron chi connectivity index (χ4n) is 4.57. The molecule has 1 aliphatic carbocycles. The second-order valence-electron chi connectivity index (χ2n) is 8.10. The highest BCUT2D eigenvalue weighted by Gasteiger charge is 2.25. The second-order valence-corrected chi connectivity index (χ2v) is 9.04. The van der Waals surface area contributed by atoms with E-state index in [1.54, 1.807) is 0 Å². The van der Waals surface area contributed by atoms with Gasteiger partial charge in [0.1, 0.15) is 0 Å². The highest BCUT2D eigenvalue weighted by atomic mass is 32.2. The van der Waals surface area contributed by atoms with Crippen molar-refractivity contribution in [1.82, 2.24) is 14.5 Å². The van der Waals surface area contributed by atoms with Crippen LogP contribution in [0.4, 0.5) is 0 Å². The summed E-state index contributed by atoms with van der Waals surface area (Å²) in [5.41, 5.74) is 0.764. The number of fused-ring (bicyclic) bond motifs is 1. The van der Waals surface area contributed by atoms with Crippen LogP contribution in [-0.4, -0.2) is 38.7 Å². The van der Waals surface area contributed by atoms with Gasteiger partial charge in [-0.15, -0.1) is 0 Å². The zero-order valence-corrected chi connectivity index (χ0v) is 17.4. The minimum atomic E-state index is 0.0405. The molecule has 1 saturated carbocycles. The van der Waals surface area contributed by atoms with Crippen molar-refractivity contribution in [2.45, 2.75) is 75.5 Å². The number of hydrogen-bond acceptors (Lipinski definition) is 4. The number of para-hydroxylation sites is 1. The van der Waals surface area contributed by atoms with E-state index in [-0.39, 0.29) is 17.5 Å². The van der Waals surface area contributed by atoms with Gasteiger partial charge in [0.05, 0.1) is 16.7 Å². The molecule has 1 saturated heterocycles. The van der Waals surface area contributed by atoms with Crippen LogP contribution in [0.3, 0.4) is 0 Å². The number of benzene rings is 1. The molecule has 1 aromatic heterocycles. The van der Waals surface area contributed by atoms with Gasteiger partial charge in [-0.25, -0.2) is 4.98 Å². The quantitative estimate of drug-likeness (QED) is 0.565. The number of carbonyl (C=O) groups excluding carboxylic acids is 1. The summed E-state index contributed by atoms with van der Waals surface area (Å²) in [6, 6.07) is 8.07. The molecule has 2 aromatic rings. The van der Waals surface area contributed by atoms with E-state index < -0.39 is 0 Å². The molecule has 0 spiro atoms. The lowest BCUT2D eigenvalue weighted by Crippen LogP contribution is -2.43. The number of amides is 1. The highest BCUT2D eigenvalue weighted by Crippen LogP contribution is 2.31. The summed E-state index contributed by atoms with van der Waals surface area (Å²) >= 11 is 1.43. The molecule has 0 radical (unpaired) electrons. The Labute approximate surface area is 170 Å². The Hall–Kier alpha value is -1.82. The molecule has 2 fully saturated rings. The van der Waals surface area contributed by atoms with Crippen LogP contribution >= 0.6 is 11.8 Å². The number of hydrogen-bond donors (Lipinski definition) is 0. The fraction of sp³-hybridized carbons (Fsp3) is 0.591. The molecule has 1 aliphatic heterocycles. The molecule has 0 N–H and O–H groups in total. The van der Waals surface area contributed by atoms with E-state index in [9.17, 15) is 9.59 Å². The Morgan fingerprint density at radius 3 is 2.64 bits per heavy atom. The Balaban J connectivity index is 1.63. The predicted octanol–water partition coefficient (Wildman–Crippen LogP) is 4.39. The molecule has 1 unspecified atom stereocenters. The van der Waals surface area contributed by atoms with Crippen molar-refractivity contribution in [1.29, 1.82) is 0 Å². The van der Waals surface area contributed by atoms with Crippen LogP contribution in [0.5, 0.6) is 0 Å². The molecule has 2 aliphatic rings. The smallest absolute Gasteiger partial charge is 0.262 e. The summed E-state index contributed by atoms with van der Waals surface area (Å²) in [7, 11) is 0. The van der Waals surface area contributed by atoms with Crippen LogP contribution in [0.25, 0.3) is 10.9 Å². The number of carbonyl (C=O) groups is 1. The number of piperidine rings is 1. The van der Waals surface area contributed by atoms with Crippen LogP contribution < -0.4 is 5.56 Å². The number of aromatic nitrogens is 2. The normalized spacial score (nSPS) is 21.2. The van der Waals surface area contributed by atoms with Gasteiger partial charge in [0.15, 0.2) is 5.16 Å². The lowest BCUT2D eigenvalue weighted by molar-refractivity contribution is -0.131. The fourth-order valence-corrected chi connectivity index (χ4v) is 5.52. The van der Waals surface area contributed by atoms with Crippen molar-refractivity contribution in [3.8, 4) is 0 Å². The van der Waals surface area contributed by atoms with Crippen molar-refractivity contribution in [3.63, 3.8) is 0 Å². The van der Waals surface area contributed by atoms with Crippen LogP contribution in [-0.2, 0) is 4.79 Å². The van der Waals surface area contributed by atoms with Gasteiger partial charge in [0, 0.05) is 18.6 Å². The summed E-state index contributed by atoms with van der Waals surface area (Å²) in [6.45, 7) is 2.98. The van der Waals surface area contributed by atoms with Gasteiger partial charge in [-0.1, -0.05) is 43.2 Å². The minimum absolute atomic E-state index is 0.0405. The van der Waals surface area contributed by atoms with Gasteiger partial charge < -0.3 is 4.90 Å². The molecule has 28 heavy (non-hydrogen) atoms. The Morgan fingerprint density at radius 2 is 1.86 bits per heavy atom. The number of nitrogens with zero attached hydrogens (tertiary/aromatic N) is 3. The third kappa shape index (κ3) is 3.97. The molecule has 0 bridgehead atoms. The van der Waals surface area contributed by atoms with Gasteiger partial charge in [-0.3, -0.25) is 14.2 Å². The van der Waals surface area contributed by atoms with Gasteiger partial charge in [-0.05, 0) is 51.2 Å². The Bertz CT molecular complexity index is 904. The van der Waals surface area contributed by atoms with E-state index in [4.69, 9.17) is 4.98 Å². The molecular weight excluding hydrogens is 370 g/mol. The second kappa shape index (κ2) is 8.68. The topological polar surface area (TPSA) is 55.2 Å². The van der Waals surface area contributed by atoms with E-state index in [0.717, 1.165) is 50.6 Å². The van der Waals surface area contributed by atoms with Gasteiger partial charge in [0.25, 0.3) is 5.56 Å². The van der Waals surface area contributed by atoms with Crippen LogP contribution in [0.1, 0.15) is 64.3 Å². The van der Waals surface area contributed by atoms with E-state index >= 15 is 0 Å². The zero-order valence-electron chi connectivity index (χ0n) is 16.6. The first kappa shape index (κ1) is 19.5. The van der Waals surface area contributed by atoms with E-state index in [2.05, 4.69) is 6.92 Å². The molecular formula is C22H29N3O2S. The Kier molecular flexibility index (Phi) is 6.04. The zero-order chi connectivity index (χ0) is 19.5. The van der Waals surface area contributed by atoms with Gasteiger partial charge in [0.2, 0.25) is 5.91 Å². The first-order valence-corrected chi connectivity index (χ1v) is 11.6. The molecule has 6 heteroatoms. The summed E-state index contributed by atoms with van der Waals surface area (Å²) in [5.74, 6) is 0.511. The van der Waals surface area contributed by atoms with Crippen molar-refractivity contribution in [3.05, 3.63) is 34.6 Å². The van der Waals surface area contributed by atoms with Crippen LogP contribution in [0.2, 0.25) is 0 Å². The largest absolute Gasteiger partial charge is 0.339 e. The average Bonchev–Trinajstić information content (AvgIpc) is 2.73. The minimum Gasteiger partial charge on any atom is -0.339 e. The van der Waals surface area contributed by atoms with Gasteiger partial charge in [-0.2, -0.15) is 0 Å². The van der Waals surface area contributed by atoms with Crippen molar-refractivity contribution < 1.29 is 4.79 Å². The SMILES string of the molecule is CC1CCCCN1C(=O)CSc1nc2ccccc2c(=O)n1C1CCCCC1. The number of rotatable bonds is 4. The standard InChI is InChI=1S/C22H29N3O2S/c1-16-9-7-8-14-24(16)20(26)15-28-22-23-19-13-6-5-12-18(19)21(27)25(22)17-10-3-2-4-11-17/h5-6,12-13,16-17H,2-4,7-11,14-15H2,1H3. The molecule has 1 amide bonds. The van der Waals surface area contributed by atoms with E-state index in [1.165, 1.54) is 24.6 Å². The maximum absolute atomic E-state index is 13.3. The first-order valence-electron chi connectivity index (χ1n) is 10.6. The average molecular weight is 400 g/mol. The van der Waals surface area contributed by atoms with Crippen molar-refractivity contribution >= 4 is 28.6 Å². The maximum Gasteiger partial charge on any atom is 0.262 e. The van der Waals surface area contributed by atoms with Crippen LogP contribution in [0, 0.1) is 0 Å². The maximum atomic E-state index is 13.3.